The van der Waals surface area contributed by atoms with Gasteiger partial charge in [0.2, 0.25) is 0 Å². The van der Waals surface area contributed by atoms with Gasteiger partial charge in [0.1, 0.15) is 6.11 Å². The molecule has 10 heavy (non-hydrogen) atoms. The van der Waals surface area contributed by atoms with Crippen LogP contribution in [0.3, 0.4) is 0 Å². The Morgan fingerprint density at radius 2 is 2.00 bits per heavy atom. The summed E-state index contributed by atoms with van der Waals surface area (Å²) in [5.74, 6) is 2.95. The monoisotopic (exact) mass is 140 g/mol. The maximum absolute atomic E-state index is 4.85. The molecule has 0 amide bonds. The maximum Gasteiger partial charge on any atom is 0.110 e. The van der Waals surface area contributed by atoms with E-state index in [4.69, 9.17) is 4.74 Å². The standard InChI is InChI=1S/C9H16O/c1-3-5-6-7-8-9-10-4-2/h3-7H2,1-2H3. The highest BCUT2D eigenvalue weighted by Gasteiger charge is 1.79. The van der Waals surface area contributed by atoms with Gasteiger partial charge in [0, 0.05) is 6.42 Å². The summed E-state index contributed by atoms with van der Waals surface area (Å²) in [6.45, 7) is 4.83. The highest BCUT2D eigenvalue weighted by Crippen LogP contribution is 1.96. The molecule has 58 valence electrons. The zero-order chi connectivity index (χ0) is 7.66. The van der Waals surface area contributed by atoms with Crippen LogP contribution in [0.25, 0.3) is 0 Å². The molecule has 0 aliphatic carbocycles. The lowest BCUT2D eigenvalue weighted by Gasteiger charge is -1.88. The summed E-state index contributed by atoms with van der Waals surface area (Å²) >= 11 is 0. The van der Waals surface area contributed by atoms with Crippen molar-refractivity contribution in [2.75, 3.05) is 6.61 Å². The number of hydrogen-bond donors (Lipinski definition) is 0. The molecule has 0 rings (SSSR count). The first kappa shape index (κ1) is 9.36. The Labute approximate surface area is 63.8 Å². The number of ether oxygens (including phenoxy) is 1. The molecule has 0 N–H and O–H groups in total. The lowest BCUT2D eigenvalue weighted by atomic mass is 10.2. The molecule has 0 aromatic heterocycles. The zero-order valence-electron chi connectivity index (χ0n) is 6.94. The SMILES string of the molecule is CCCCCC#COCC. The molecular weight excluding hydrogens is 124 g/mol. The lowest BCUT2D eigenvalue weighted by Crippen LogP contribution is -1.77. The van der Waals surface area contributed by atoms with Crippen LogP contribution in [0.2, 0.25) is 0 Å². The van der Waals surface area contributed by atoms with Crippen LogP contribution in [0.4, 0.5) is 0 Å². The number of unbranched alkanes of at least 4 members (excludes halogenated alkanes) is 3. The Morgan fingerprint density at radius 1 is 1.20 bits per heavy atom. The highest BCUT2D eigenvalue weighted by atomic mass is 16.5. The molecule has 0 bridgehead atoms. The molecule has 0 atom stereocenters. The normalized spacial score (nSPS) is 8.20. The topological polar surface area (TPSA) is 9.23 Å². The molecule has 0 aromatic carbocycles. The van der Waals surface area contributed by atoms with Crippen molar-refractivity contribution in [1.82, 2.24) is 0 Å². The van der Waals surface area contributed by atoms with Gasteiger partial charge in [-0.3, -0.25) is 0 Å². The van der Waals surface area contributed by atoms with E-state index in [-0.39, 0.29) is 0 Å². The van der Waals surface area contributed by atoms with Gasteiger partial charge in [0.05, 0.1) is 6.61 Å². The Morgan fingerprint density at radius 3 is 2.60 bits per heavy atom. The fourth-order valence-corrected chi connectivity index (χ4v) is 0.638. The number of rotatable bonds is 4. The summed E-state index contributed by atoms with van der Waals surface area (Å²) in [7, 11) is 0. The molecule has 0 unspecified atom stereocenters. The molecule has 1 heteroatoms. The van der Waals surface area contributed by atoms with Crippen molar-refractivity contribution >= 4 is 0 Å². The molecule has 1 nitrogen and oxygen atoms in total. The molecule has 0 saturated carbocycles. The predicted octanol–water partition coefficient (Wildman–Crippen LogP) is 2.56. The Balaban J connectivity index is 2.96. The summed E-state index contributed by atoms with van der Waals surface area (Å²) in [5, 5.41) is 0. The third-order valence-electron chi connectivity index (χ3n) is 1.19. The van der Waals surface area contributed by atoms with Gasteiger partial charge in [0.25, 0.3) is 0 Å². The van der Waals surface area contributed by atoms with Crippen LogP contribution in [0, 0.1) is 12.0 Å². The Hall–Kier alpha value is -0.640. The van der Waals surface area contributed by atoms with Crippen molar-refractivity contribution in [2.45, 2.75) is 39.5 Å². The fourth-order valence-electron chi connectivity index (χ4n) is 0.638. The molecule has 0 saturated heterocycles. The van der Waals surface area contributed by atoms with Gasteiger partial charge < -0.3 is 4.74 Å². The van der Waals surface area contributed by atoms with E-state index in [1.807, 2.05) is 6.92 Å². The molecule has 0 radical (unpaired) electrons. The lowest BCUT2D eigenvalue weighted by molar-refractivity contribution is 0.298. The minimum absolute atomic E-state index is 0.695. The van der Waals surface area contributed by atoms with Gasteiger partial charge in [-0.2, -0.15) is 0 Å². The van der Waals surface area contributed by atoms with E-state index < -0.39 is 0 Å². The zero-order valence-corrected chi connectivity index (χ0v) is 6.94. The maximum atomic E-state index is 4.85. The quantitative estimate of drug-likeness (QED) is 0.431. The van der Waals surface area contributed by atoms with E-state index in [9.17, 15) is 0 Å². The molecular formula is C9H16O. The molecule has 0 fully saturated rings. The molecule has 0 aromatic rings. The van der Waals surface area contributed by atoms with E-state index in [1.165, 1.54) is 19.3 Å². The first-order valence-electron chi connectivity index (χ1n) is 4.01. The van der Waals surface area contributed by atoms with Crippen LogP contribution in [-0.4, -0.2) is 6.61 Å². The van der Waals surface area contributed by atoms with Gasteiger partial charge in [0.15, 0.2) is 0 Å². The highest BCUT2D eigenvalue weighted by molar-refractivity contribution is 4.90. The summed E-state index contributed by atoms with van der Waals surface area (Å²) in [6, 6.07) is 0. The smallest absolute Gasteiger partial charge is 0.110 e. The first-order chi connectivity index (χ1) is 4.91. The van der Waals surface area contributed by atoms with E-state index in [2.05, 4.69) is 19.0 Å². The van der Waals surface area contributed by atoms with Crippen LogP contribution in [-0.2, 0) is 4.74 Å². The average Bonchev–Trinajstić information content (AvgIpc) is 1.97. The second-order valence-electron chi connectivity index (χ2n) is 2.17. The van der Waals surface area contributed by atoms with Crippen LogP contribution in [0.5, 0.6) is 0 Å². The average molecular weight is 140 g/mol. The largest absolute Gasteiger partial charge is 0.447 e. The van der Waals surface area contributed by atoms with Crippen LogP contribution in [0.15, 0.2) is 0 Å². The van der Waals surface area contributed by atoms with Crippen LogP contribution >= 0.6 is 0 Å². The van der Waals surface area contributed by atoms with E-state index in [1.54, 1.807) is 0 Å². The van der Waals surface area contributed by atoms with Crippen molar-refractivity contribution < 1.29 is 4.74 Å². The van der Waals surface area contributed by atoms with Gasteiger partial charge >= 0.3 is 0 Å². The summed E-state index contributed by atoms with van der Waals surface area (Å²) < 4.78 is 4.85. The van der Waals surface area contributed by atoms with Crippen molar-refractivity contribution in [3.8, 4) is 12.0 Å². The van der Waals surface area contributed by atoms with Crippen molar-refractivity contribution in [2.24, 2.45) is 0 Å². The van der Waals surface area contributed by atoms with E-state index in [0.29, 0.717) is 6.61 Å². The second kappa shape index (κ2) is 8.36. The first-order valence-corrected chi connectivity index (χ1v) is 4.01. The fraction of sp³-hybridized carbons (Fsp3) is 0.778. The summed E-state index contributed by atoms with van der Waals surface area (Å²) in [6.07, 6.45) is 7.37. The van der Waals surface area contributed by atoms with Gasteiger partial charge in [-0.05, 0) is 13.3 Å². The third kappa shape index (κ3) is 7.36. The van der Waals surface area contributed by atoms with Gasteiger partial charge in [-0.25, -0.2) is 0 Å². The van der Waals surface area contributed by atoms with Crippen molar-refractivity contribution in [3.63, 3.8) is 0 Å². The van der Waals surface area contributed by atoms with Crippen LogP contribution in [0.1, 0.15) is 39.5 Å². The summed E-state index contributed by atoms with van der Waals surface area (Å²) in [4.78, 5) is 0. The van der Waals surface area contributed by atoms with Crippen LogP contribution < -0.4 is 0 Å². The second-order valence-corrected chi connectivity index (χ2v) is 2.17. The number of hydrogen-bond acceptors (Lipinski definition) is 1. The molecule has 0 spiro atoms. The molecule has 0 aliphatic heterocycles. The van der Waals surface area contributed by atoms with Gasteiger partial charge in [-0.1, -0.05) is 25.7 Å². The summed E-state index contributed by atoms with van der Waals surface area (Å²) in [5.41, 5.74) is 0. The van der Waals surface area contributed by atoms with E-state index >= 15 is 0 Å². The van der Waals surface area contributed by atoms with Crippen molar-refractivity contribution in [1.29, 1.82) is 0 Å². The minimum atomic E-state index is 0.695. The molecule has 0 heterocycles. The third-order valence-corrected chi connectivity index (χ3v) is 1.19. The van der Waals surface area contributed by atoms with Crippen molar-refractivity contribution in [3.05, 3.63) is 0 Å². The van der Waals surface area contributed by atoms with E-state index in [0.717, 1.165) is 6.42 Å². The minimum Gasteiger partial charge on any atom is -0.447 e. The molecule has 0 aliphatic rings. The Bertz CT molecular complexity index is 108. The Kier molecular flexibility index (Phi) is 7.82. The van der Waals surface area contributed by atoms with Gasteiger partial charge in [-0.15, -0.1) is 0 Å². The predicted molar refractivity (Wildman–Crippen MR) is 43.5 cm³/mol.